The fourth-order valence-corrected chi connectivity index (χ4v) is 2.46. The zero-order valence-electron chi connectivity index (χ0n) is 10.7. The Labute approximate surface area is 120 Å². The number of hydrogen-bond acceptors (Lipinski definition) is 3. The van der Waals surface area contributed by atoms with E-state index in [1.807, 2.05) is 7.05 Å². The van der Waals surface area contributed by atoms with Crippen molar-refractivity contribution in [2.45, 2.75) is 12.5 Å². The van der Waals surface area contributed by atoms with Crippen molar-refractivity contribution in [2.75, 3.05) is 32.0 Å². The van der Waals surface area contributed by atoms with Crippen LogP contribution in [0.25, 0.3) is 0 Å². The van der Waals surface area contributed by atoms with Crippen LogP contribution in [-0.2, 0) is 4.79 Å². The maximum Gasteiger partial charge on any atom is 0.226 e. The molecule has 1 atom stereocenters. The summed E-state index contributed by atoms with van der Waals surface area (Å²) in [6.45, 7) is 2.64. The number of anilines is 1. The topological polar surface area (TPSA) is 44.4 Å². The van der Waals surface area contributed by atoms with E-state index in [-0.39, 0.29) is 17.6 Å². The van der Waals surface area contributed by atoms with Gasteiger partial charge in [0, 0.05) is 36.6 Å². The molecular formula is C13H17BrFN3O. The van der Waals surface area contributed by atoms with Gasteiger partial charge in [0.15, 0.2) is 0 Å². The number of likely N-dealkylation sites (N-methyl/N-ethyl adjacent to an activating group) is 1. The summed E-state index contributed by atoms with van der Waals surface area (Å²) in [6.07, 6.45) is 0.357. The van der Waals surface area contributed by atoms with Gasteiger partial charge in [-0.15, -0.1) is 0 Å². The number of benzene rings is 1. The number of piperazine rings is 1. The fourth-order valence-electron chi connectivity index (χ4n) is 2.10. The third kappa shape index (κ3) is 3.99. The van der Waals surface area contributed by atoms with Gasteiger partial charge in [0.25, 0.3) is 0 Å². The van der Waals surface area contributed by atoms with Crippen molar-refractivity contribution in [2.24, 2.45) is 0 Å². The lowest BCUT2D eigenvalue weighted by molar-refractivity contribution is -0.117. The van der Waals surface area contributed by atoms with Gasteiger partial charge < -0.3 is 15.5 Å². The zero-order valence-corrected chi connectivity index (χ0v) is 12.3. The van der Waals surface area contributed by atoms with E-state index in [0.717, 1.165) is 24.1 Å². The Balaban J connectivity index is 1.95. The molecule has 1 heterocycles. The summed E-state index contributed by atoms with van der Waals surface area (Å²) in [4.78, 5) is 14.1. The molecule has 1 aliphatic rings. The minimum Gasteiger partial charge on any atom is -0.324 e. The van der Waals surface area contributed by atoms with Crippen LogP contribution in [0.15, 0.2) is 22.7 Å². The lowest BCUT2D eigenvalue weighted by Crippen LogP contribution is -2.50. The second kappa shape index (κ2) is 6.45. The quantitative estimate of drug-likeness (QED) is 0.889. The van der Waals surface area contributed by atoms with Crippen LogP contribution in [0.1, 0.15) is 6.42 Å². The normalized spacial score (nSPS) is 20.3. The highest BCUT2D eigenvalue weighted by molar-refractivity contribution is 9.10. The highest BCUT2D eigenvalue weighted by Gasteiger charge is 2.21. The molecule has 0 bridgehead atoms. The molecule has 4 nitrogen and oxygen atoms in total. The largest absolute Gasteiger partial charge is 0.324 e. The molecule has 0 aromatic heterocycles. The van der Waals surface area contributed by atoms with Crippen LogP contribution in [0.2, 0.25) is 0 Å². The molecule has 2 N–H and O–H groups in total. The molecule has 0 aliphatic carbocycles. The molecule has 6 heteroatoms. The van der Waals surface area contributed by atoms with Gasteiger partial charge >= 0.3 is 0 Å². The van der Waals surface area contributed by atoms with E-state index in [1.165, 1.54) is 6.07 Å². The van der Waals surface area contributed by atoms with E-state index >= 15 is 0 Å². The molecule has 2 rings (SSSR count). The average molecular weight is 330 g/mol. The lowest BCUT2D eigenvalue weighted by atomic mass is 10.1. The van der Waals surface area contributed by atoms with Crippen LogP contribution >= 0.6 is 15.9 Å². The first-order valence-electron chi connectivity index (χ1n) is 6.22. The zero-order chi connectivity index (χ0) is 13.8. The van der Waals surface area contributed by atoms with E-state index in [2.05, 4.69) is 31.5 Å². The van der Waals surface area contributed by atoms with Gasteiger partial charge in [-0.3, -0.25) is 4.79 Å². The number of nitrogens with one attached hydrogen (secondary N) is 2. The van der Waals surface area contributed by atoms with E-state index in [1.54, 1.807) is 12.1 Å². The Kier molecular flexibility index (Phi) is 4.90. The highest BCUT2D eigenvalue weighted by Crippen LogP contribution is 2.20. The van der Waals surface area contributed by atoms with Gasteiger partial charge in [0.05, 0.1) is 5.69 Å². The van der Waals surface area contributed by atoms with Crippen molar-refractivity contribution in [3.63, 3.8) is 0 Å². The molecule has 0 spiro atoms. The van der Waals surface area contributed by atoms with E-state index in [0.29, 0.717) is 6.42 Å². The minimum absolute atomic E-state index is 0.156. The van der Waals surface area contributed by atoms with E-state index < -0.39 is 5.82 Å². The Hall–Kier alpha value is -0.980. The Morgan fingerprint density at radius 2 is 2.42 bits per heavy atom. The third-order valence-electron chi connectivity index (χ3n) is 3.27. The lowest BCUT2D eigenvalue weighted by Gasteiger charge is -2.32. The summed E-state index contributed by atoms with van der Waals surface area (Å²) >= 11 is 3.26. The maximum atomic E-state index is 13.5. The first-order valence-corrected chi connectivity index (χ1v) is 7.01. The SMILES string of the molecule is CN1CCNCC1CC(=O)Nc1cc(Br)ccc1F. The summed E-state index contributed by atoms with van der Waals surface area (Å²) in [7, 11) is 2.00. The number of carbonyl (C=O) groups excluding carboxylic acids is 1. The minimum atomic E-state index is -0.424. The molecule has 1 aromatic rings. The smallest absolute Gasteiger partial charge is 0.226 e. The number of amides is 1. The van der Waals surface area contributed by atoms with Gasteiger partial charge in [-0.1, -0.05) is 15.9 Å². The van der Waals surface area contributed by atoms with Gasteiger partial charge in [-0.05, 0) is 25.2 Å². The van der Waals surface area contributed by atoms with Gasteiger partial charge in [-0.25, -0.2) is 4.39 Å². The number of halogens is 2. The van der Waals surface area contributed by atoms with Crippen LogP contribution < -0.4 is 10.6 Å². The van der Waals surface area contributed by atoms with Crippen molar-refractivity contribution in [1.82, 2.24) is 10.2 Å². The predicted octanol–water partition coefficient (Wildman–Crippen LogP) is 1.82. The number of carbonyl (C=O) groups is 1. The van der Waals surface area contributed by atoms with Crippen LogP contribution in [0, 0.1) is 5.82 Å². The van der Waals surface area contributed by atoms with Gasteiger partial charge in [0.2, 0.25) is 5.91 Å². The van der Waals surface area contributed by atoms with Crippen LogP contribution in [0.3, 0.4) is 0 Å². The van der Waals surface area contributed by atoms with Crippen molar-refractivity contribution < 1.29 is 9.18 Å². The number of hydrogen-bond donors (Lipinski definition) is 2. The fraction of sp³-hybridized carbons (Fsp3) is 0.462. The van der Waals surface area contributed by atoms with Crippen molar-refractivity contribution in [3.8, 4) is 0 Å². The van der Waals surface area contributed by atoms with Crippen LogP contribution in [0.4, 0.5) is 10.1 Å². The first-order chi connectivity index (χ1) is 9.06. The molecule has 1 aromatic carbocycles. The van der Waals surface area contributed by atoms with E-state index in [4.69, 9.17) is 0 Å². The molecule has 0 saturated carbocycles. The first kappa shape index (κ1) is 14.4. The second-order valence-electron chi connectivity index (χ2n) is 4.72. The summed E-state index contributed by atoms with van der Waals surface area (Å²) in [5.74, 6) is -0.593. The van der Waals surface area contributed by atoms with Gasteiger partial charge in [0.1, 0.15) is 5.82 Å². The van der Waals surface area contributed by atoms with Crippen LogP contribution in [0.5, 0.6) is 0 Å². The summed E-state index contributed by atoms with van der Waals surface area (Å²) in [6, 6.07) is 4.65. The summed E-state index contributed by atoms with van der Waals surface area (Å²) in [5, 5.41) is 5.87. The van der Waals surface area contributed by atoms with Gasteiger partial charge in [-0.2, -0.15) is 0 Å². The molecule has 1 unspecified atom stereocenters. The Morgan fingerprint density at radius 3 is 3.16 bits per heavy atom. The number of nitrogens with zero attached hydrogens (tertiary/aromatic N) is 1. The van der Waals surface area contributed by atoms with Crippen molar-refractivity contribution in [3.05, 3.63) is 28.5 Å². The molecule has 1 aliphatic heterocycles. The highest BCUT2D eigenvalue weighted by atomic mass is 79.9. The summed E-state index contributed by atoms with van der Waals surface area (Å²) < 4.78 is 14.3. The molecule has 1 fully saturated rings. The molecule has 1 amide bonds. The van der Waals surface area contributed by atoms with E-state index in [9.17, 15) is 9.18 Å². The molecular weight excluding hydrogens is 313 g/mol. The molecule has 19 heavy (non-hydrogen) atoms. The maximum absolute atomic E-state index is 13.5. The van der Waals surface area contributed by atoms with Crippen molar-refractivity contribution in [1.29, 1.82) is 0 Å². The third-order valence-corrected chi connectivity index (χ3v) is 3.76. The Morgan fingerprint density at radius 1 is 1.63 bits per heavy atom. The predicted molar refractivity (Wildman–Crippen MR) is 76.6 cm³/mol. The second-order valence-corrected chi connectivity index (χ2v) is 5.63. The molecule has 104 valence electrons. The number of rotatable bonds is 3. The van der Waals surface area contributed by atoms with Crippen LogP contribution in [-0.4, -0.2) is 43.5 Å². The molecule has 1 saturated heterocycles. The average Bonchev–Trinajstić information content (AvgIpc) is 2.37. The Bertz CT molecular complexity index is 469. The summed E-state index contributed by atoms with van der Waals surface area (Å²) in [5.41, 5.74) is 0.214. The molecule has 0 radical (unpaired) electrons. The standard InChI is InChI=1S/C13H17BrFN3O/c1-18-5-4-16-8-10(18)7-13(19)17-12-6-9(14)2-3-11(12)15/h2-3,6,10,16H,4-5,7-8H2,1H3,(H,17,19). The monoisotopic (exact) mass is 329 g/mol. The van der Waals surface area contributed by atoms with Crippen molar-refractivity contribution >= 4 is 27.5 Å².